The molecule has 1 heterocycles. The summed E-state index contributed by atoms with van der Waals surface area (Å²) in [5.41, 5.74) is 0.282. The molecule has 0 amide bonds. The van der Waals surface area contributed by atoms with Crippen LogP contribution in [0.15, 0.2) is 36.5 Å². The molecule has 2 fully saturated rings. The molecule has 17 heavy (non-hydrogen) atoms. The third-order valence-corrected chi connectivity index (χ3v) is 4.59. The number of nitrogens with zero attached hydrogens (tertiary/aromatic N) is 1. The average molecular weight is 225 g/mol. The molecule has 0 aliphatic heterocycles. The van der Waals surface area contributed by atoms with Gasteiger partial charge in [0.15, 0.2) is 0 Å². The summed E-state index contributed by atoms with van der Waals surface area (Å²) in [6.45, 7) is 0. The normalized spacial score (nSPS) is 34.9. The molecule has 4 rings (SSSR count). The summed E-state index contributed by atoms with van der Waals surface area (Å²) in [5, 5.41) is 13.1. The van der Waals surface area contributed by atoms with Crippen molar-refractivity contribution in [1.29, 1.82) is 0 Å². The summed E-state index contributed by atoms with van der Waals surface area (Å²) in [6, 6.07) is 10.2. The van der Waals surface area contributed by atoms with E-state index in [1.807, 2.05) is 24.4 Å². The van der Waals surface area contributed by atoms with E-state index in [0.717, 1.165) is 23.9 Å². The van der Waals surface area contributed by atoms with Crippen molar-refractivity contribution < 1.29 is 5.11 Å². The second-order valence-electron chi connectivity index (χ2n) is 5.35. The summed E-state index contributed by atoms with van der Waals surface area (Å²) in [7, 11) is 0. The van der Waals surface area contributed by atoms with Crippen molar-refractivity contribution in [3.05, 3.63) is 42.2 Å². The van der Waals surface area contributed by atoms with E-state index >= 15 is 0 Å². The van der Waals surface area contributed by atoms with Gasteiger partial charge in [0.2, 0.25) is 0 Å². The van der Waals surface area contributed by atoms with Crippen molar-refractivity contribution in [3.8, 4) is 0 Å². The molecular weight excluding hydrogens is 210 g/mol. The van der Waals surface area contributed by atoms with Crippen LogP contribution in [0.3, 0.4) is 0 Å². The number of fused-ring (bicyclic) bond motifs is 2. The molecule has 0 radical (unpaired) electrons. The Morgan fingerprint density at radius 1 is 1.12 bits per heavy atom. The maximum atomic E-state index is 10.8. The molecule has 2 heteroatoms. The fraction of sp³-hybridized carbons (Fsp3) is 0.400. The van der Waals surface area contributed by atoms with E-state index in [1.165, 1.54) is 11.8 Å². The van der Waals surface area contributed by atoms with Gasteiger partial charge in [0.25, 0.3) is 0 Å². The first kappa shape index (κ1) is 9.60. The van der Waals surface area contributed by atoms with Gasteiger partial charge in [-0.15, -0.1) is 0 Å². The largest absolute Gasteiger partial charge is 0.383 e. The highest BCUT2D eigenvalue weighted by Gasteiger charge is 2.67. The minimum Gasteiger partial charge on any atom is -0.383 e. The zero-order chi connectivity index (χ0) is 11.5. The highest BCUT2D eigenvalue weighted by Crippen LogP contribution is 2.66. The molecule has 2 atom stereocenters. The van der Waals surface area contributed by atoms with E-state index in [0.29, 0.717) is 11.8 Å². The third kappa shape index (κ3) is 1.11. The summed E-state index contributed by atoms with van der Waals surface area (Å²) in [6.07, 6.45) is 5.41. The van der Waals surface area contributed by atoms with Crippen LogP contribution in [0.2, 0.25) is 0 Å². The fourth-order valence-corrected chi connectivity index (χ4v) is 3.71. The van der Waals surface area contributed by atoms with Crippen LogP contribution in [-0.2, 0) is 5.60 Å². The van der Waals surface area contributed by atoms with Crippen LogP contribution in [-0.4, -0.2) is 10.1 Å². The number of aromatic nitrogens is 1. The molecule has 2 aromatic rings. The Balaban J connectivity index is 1.92. The monoisotopic (exact) mass is 225 g/mol. The van der Waals surface area contributed by atoms with Crippen LogP contribution >= 0.6 is 0 Å². The van der Waals surface area contributed by atoms with Crippen molar-refractivity contribution in [1.82, 2.24) is 4.98 Å². The van der Waals surface area contributed by atoms with Crippen LogP contribution in [0.5, 0.6) is 0 Å². The molecule has 2 nitrogen and oxygen atoms in total. The van der Waals surface area contributed by atoms with Gasteiger partial charge < -0.3 is 5.11 Å². The van der Waals surface area contributed by atoms with Crippen molar-refractivity contribution in [2.24, 2.45) is 11.8 Å². The van der Waals surface area contributed by atoms with Crippen LogP contribution in [0, 0.1) is 11.8 Å². The number of pyridine rings is 1. The first-order valence-corrected chi connectivity index (χ1v) is 6.38. The zero-order valence-corrected chi connectivity index (χ0v) is 9.63. The van der Waals surface area contributed by atoms with Gasteiger partial charge in [-0.3, -0.25) is 4.98 Å². The summed E-state index contributed by atoms with van der Waals surface area (Å²) in [5.74, 6) is 0.918. The third-order valence-electron chi connectivity index (χ3n) is 4.59. The van der Waals surface area contributed by atoms with E-state index < -0.39 is 5.60 Å². The van der Waals surface area contributed by atoms with Crippen molar-refractivity contribution in [3.63, 3.8) is 0 Å². The van der Waals surface area contributed by atoms with Crippen LogP contribution < -0.4 is 0 Å². The van der Waals surface area contributed by atoms with E-state index in [2.05, 4.69) is 17.1 Å². The van der Waals surface area contributed by atoms with E-state index in [1.54, 1.807) is 0 Å². The number of aliphatic hydroxyl groups is 1. The maximum Gasteiger partial charge on any atom is 0.113 e. The molecule has 0 saturated heterocycles. The predicted molar refractivity (Wildman–Crippen MR) is 66.5 cm³/mol. The average Bonchev–Trinajstić information content (AvgIpc) is 2.79. The van der Waals surface area contributed by atoms with Gasteiger partial charge in [-0.2, -0.15) is 0 Å². The Hall–Kier alpha value is -1.41. The van der Waals surface area contributed by atoms with Crippen LogP contribution in [0.1, 0.15) is 25.0 Å². The minimum atomic E-state index is -0.626. The van der Waals surface area contributed by atoms with E-state index in [9.17, 15) is 5.11 Å². The molecule has 2 aliphatic rings. The minimum absolute atomic E-state index is 0.459. The second-order valence-corrected chi connectivity index (χ2v) is 5.35. The van der Waals surface area contributed by atoms with Gasteiger partial charge in [-0.1, -0.05) is 30.7 Å². The smallest absolute Gasteiger partial charge is 0.113 e. The predicted octanol–water partition coefficient (Wildman–Crippen LogP) is 2.85. The molecule has 1 aromatic heterocycles. The number of hydrogen-bond donors (Lipinski definition) is 1. The molecule has 0 bridgehead atoms. The van der Waals surface area contributed by atoms with Gasteiger partial charge in [0, 0.05) is 11.6 Å². The Morgan fingerprint density at radius 2 is 1.88 bits per heavy atom. The molecule has 1 N–H and O–H groups in total. The Bertz CT molecular complexity index is 577. The van der Waals surface area contributed by atoms with E-state index in [-0.39, 0.29) is 0 Å². The van der Waals surface area contributed by atoms with Gasteiger partial charge in [-0.25, -0.2) is 0 Å². The zero-order valence-electron chi connectivity index (χ0n) is 9.63. The Morgan fingerprint density at radius 3 is 2.71 bits per heavy atom. The lowest BCUT2D eigenvalue weighted by Gasteiger charge is -2.15. The maximum absolute atomic E-state index is 10.8. The molecule has 0 spiro atoms. The quantitative estimate of drug-likeness (QED) is 0.809. The van der Waals surface area contributed by atoms with Gasteiger partial charge >= 0.3 is 0 Å². The van der Waals surface area contributed by atoms with Gasteiger partial charge in [0.05, 0.1) is 5.69 Å². The lowest BCUT2D eigenvalue weighted by atomic mass is 9.99. The Kier molecular flexibility index (Phi) is 1.74. The van der Waals surface area contributed by atoms with Crippen LogP contribution in [0.25, 0.3) is 10.8 Å². The molecule has 2 saturated carbocycles. The SMILES string of the molecule is OC1(c2nccc3ccccc23)C2CCCC21. The molecule has 2 unspecified atom stereocenters. The van der Waals surface area contributed by atoms with Gasteiger partial charge in [-0.05, 0) is 36.1 Å². The first-order chi connectivity index (χ1) is 8.32. The summed E-state index contributed by atoms with van der Waals surface area (Å²) >= 11 is 0. The lowest BCUT2D eigenvalue weighted by molar-refractivity contribution is 0.102. The number of rotatable bonds is 1. The molecule has 1 aromatic carbocycles. The molecular formula is C15H15NO. The highest BCUT2D eigenvalue weighted by atomic mass is 16.3. The summed E-state index contributed by atoms with van der Waals surface area (Å²) in [4.78, 5) is 4.47. The number of hydrogen-bond acceptors (Lipinski definition) is 2. The van der Waals surface area contributed by atoms with Gasteiger partial charge in [0.1, 0.15) is 5.60 Å². The van der Waals surface area contributed by atoms with Crippen molar-refractivity contribution in [2.75, 3.05) is 0 Å². The second kappa shape index (κ2) is 3.08. The fourth-order valence-electron chi connectivity index (χ4n) is 3.71. The summed E-state index contributed by atoms with van der Waals surface area (Å²) < 4.78 is 0. The molecule has 86 valence electrons. The standard InChI is InChI=1S/C15H15NO/c17-15(12-6-3-7-13(12)15)14-11-5-2-1-4-10(11)8-9-16-14/h1-2,4-5,8-9,12-13,17H,3,6-7H2. The van der Waals surface area contributed by atoms with E-state index in [4.69, 9.17) is 0 Å². The first-order valence-electron chi connectivity index (χ1n) is 6.38. The van der Waals surface area contributed by atoms with Crippen LogP contribution in [0.4, 0.5) is 0 Å². The number of benzene rings is 1. The van der Waals surface area contributed by atoms with Crippen molar-refractivity contribution in [2.45, 2.75) is 24.9 Å². The van der Waals surface area contributed by atoms with Crippen molar-refractivity contribution >= 4 is 10.8 Å². The Labute approximate surface area is 100 Å². The highest BCUT2D eigenvalue weighted by molar-refractivity contribution is 5.85. The lowest BCUT2D eigenvalue weighted by Crippen LogP contribution is -2.15. The molecule has 2 aliphatic carbocycles. The topological polar surface area (TPSA) is 33.1 Å².